The number of benzene rings is 1. The zero-order valence-corrected chi connectivity index (χ0v) is 7.46. The molecule has 1 aliphatic heterocycles. The van der Waals surface area contributed by atoms with Gasteiger partial charge in [-0.25, -0.2) is 0 Å². The highest BCUT2D eigenvalue weighted by molar-refractivity contribution is 5.83. The number of nitrogens with zero attached hydrogens (tertiary/aromatic N) is 1. The Bertz CT molecular complexity index is 380. The van der Waals surface area contributed by atoms with Crippen LogP contribution in [0.3, 0.4) is 0 Å². The van der Waals surface area contributed by atoms with Gasteiger partial charge in [-0.15, -0.1) is 0 Å². The Labute approximate surface area is 78.5 Å². The van der Waals surface area contributed by atoms with E-state index in [2.05, 4.69) is 22.9 Å². The highest BCUT2D eigenvalue weighted by Gasteiger charge is 1.95. The molecule has 0 N–H and O–H groups in total. The second-order valence-corrected chi connectivity index (χ2v) is 3.03. The van der Waals surface area contributed by atoms with Crippen LogP contribution in [0.5, 0.6) is 0 Å². The van der Waals surface area contributed by atoms with Crippen LogP contribution in [-0.2, 0) is 0 Å². The molecule has 1 aromatic carbocycles. The first-order valence-corrected chi connectivity index (χ1v) is 4.54. The van der Waals surface area contributed by atoms with E-state index >= 15 is 0 Å². The summed E-state index contributed by atoms with van der Waals surface area (Å²) in [7, 11) is 0. The van der Waals surface area contributed by atoms with Crippen molar-refractivity contribution in [2.45, 2.75) is 12.8 Å². The van der Waals surface area contributed by atoms with Crippen molar-refractivity contribution in [3.05, 3.63) is 35.4 Å². The van der Waals surface area contributed by atoms with E-state index in [1.54, 1.807) is 0 Å². The standard InChI is InChI=1S/C12H11N/c1-2-6-11-7-3-4-8-12(11)10-13-9-5-1/h3-4,7-8,10H,1,5,9H2. The van der Waals surface area contributed by atoms with Crippen LogP contribution in [0.4, 0.5) is 0 Å². The van der Waals surface area contributed by atoms with Crippen LogP contribution in [0.25, 0.3) is 0 Å². The van der Waals surface area contributed by atoms with Crippen LogP contribution in [0.1, 0.15) is 24.0 Å². The average Bonchev–Trinajstić information content (AvgIpc) is 2.28. The van der Waals surface area contributed by atoms with E-state index in [1.807, 2.05) is 24.4 Å². The van der Waals surface area contributed by atoms with Gasteiger partial charge < -0.3 is 0 Å². The van der Waals surface area contributed by atoms with Gasteiger partial charge in [0.25, 0.3) is 0 Å². The van der Waals surface area contributed by atoms with Crippen molar-refractivity contribution < 1.29 is 0 Å². The summed E-state index contributed by atoms with van der Waals surface area (Å²) in [4.78, 5) is 4.33. The molecule has 0 bridgehead atoms. The summed E-state index contributed by atoms with van der Waals surface area (Å²) in [5.41, 5.74) is 2.23. The Morgan fingerprint density at radius 1 is 1.23 bits per heavy atom. The summed E-state index contributed by atoms with van der Waals surface area (Å²) in [6.45, 7) is 0.892. The molecule has 0 atom stereocenters. The molecular formula is C12H11N. The zero-order chi connectivity index (χ0) is 8.93. The number of rotatable bonds is 0. The summed E-state index contributed by atoms with van der Waals surface area (Å²) < 4.78 is 0. The quantitative estimate of drug-likeness (QED) is 0.528. The van der Waals surface area contributed by atoms with Gasteiger partial charge in [-0.3, -0.25) is 4.99 Å². The molecule has 0 spiro atoms. The molecule has 2 rings (SSSR count). The topological polar surface area (TPSA) is 12.4 Å². The summed E-state index contributed by atoms with van der Waals surface area (Å²) >= 11 is 0. The molecule has 1 aromatic rings. The smallest absolute Gasteiger partial charge is 0.0398 e. The fourth-order valence-corrected chi connectivity index (χ4v) is 1.30. The molecule has 0 aliphatic carbocycles. The molecule has 0 saturated heterocycles. The molecular weight excluding hydrogens is 158 g/mol. The number of hydrogen-bond acceptors (Lipinski definition) is 1. The largest absolute Gasteiger partial charge is 0.292 e. The highest BCUT2D eigenvalue weighted by atomic mass is 14.7. The van der Waals surface area contributed by atoms with E-state index in [-0.39, 0.29) is 0 Å². The predicted molar refractivity (Wildman–Crippen MR) is 55.0 cm³/mol. The Balaban J connectivity index is 2.45. The molecule has 0 saturated carbocycles. The fraction of sp³-hybridized carbons (Fsp3) is 0.250. The number of aliphatic imine (C=N–C) groups is 1. The van der Waals surface area contributed by atoms with Crippen molar-refractivity contribution in [3.8, 4) is 11.8 Å². The van der Waals surface area contributed by atoms with Gasteiger partial charge in [0.2, 0.25) is 0 Å². The monoisotopic (exact) mass is 169 g/mol. The number of fused-ring (bicyclic) bond motifs is 1. The second kappa shape index (κ2) is 3.91. The first kappa shape index (κ1) is 8.07. The van der Waals surface area contributed by atoms with Crippen molar-refractivity contribution in [1.29, 1.82) is 0 Å². The fourth-order valence-electron chi connectivity index (χ4n) is 1.30. The van der Waals surface area contributed by atoms with Crippen molar-refractivity contribution >= 4 is 6.21 Å². The van der Waals surface area contributed by atoms with E-state index in [9.17, 15) is 0 Å². The van der Waals surface area contributed by atoms with Gasteiger partial charge in [-0.05, 0) is 12.5 Å². The van der Waals surface area contributed by atoms with Gasteiger partial charge in [-0.2, -0.15) is 0 Å². The van der Waals surface area contributed by atoms with Crippen molar-refractivity contribution in [3.63, 3.8) is 0 Å². The minimum absolute atomic E-state index is 0.892. The first-order chi connectivity index (χ1) is 6.47. The Kier molecular flexibility index (Phi) is 2.43. The average molecular weight is 169 g/mol. The molecule has 64 valence electrons. The molecule has 0 aromatic heterocycles. The van der Waals surface area contributed by atoms with Gasteiger partial charge in [-0.1, -0.05) is 30.0 Å². The lowest BCUT2D eigenvalue weighted by molar-refractivity contribution is 0.874. The minimum atomic E-state index is 0.892. The molecule has 1 heteroatoms. The lowest BCUT2D eigenvalue weighted by Crippen LogP contribution is -1.87. The molecule has 0 radical (unpaired) electrons. The molecule has 0 amide bonds. The van der Waals surface area contributed by atoms with Crippen LogP contribution < -0.4 is 0 Å². The summed E-state index contributed by atoms with van der Waals surface area (Å²) in [5.74, 6) is 6.32. The maximum Gasteiger partial charge on any atom is 0.0398 e. The molecule has 0 unspecified atom stereocenters. The lowest BCUT2D eigenvalue weighted by Gasteiger charge is -1.95. The SMILES string of the molecule is C1#Cc2ccccc2C=NCCC1. The van der Waals surface area contributed by atoms with E-state index in [0.29, 0.717) is 0 Å². The van der Waals surface area contributed by atoms with Gasteiger partial charge in [0, 0.05) is 30.3 Å². The minimum Gasteiger partial charge on any atom is -0.292 e. The van der Waals surface area contributed by atoms with Crippen LogP contribution in [0.15, 0.2) is 29.3 Å². The Morgan fingerprint density at radius 3 is 3.15 bits per heavy atom. The van der Waals surface area contributed by atoms with Crippen LogP contribution in [0, 0.1) is 11.8 Å². The highest BCUT2D eigenvalue weighted by Crippen LogP contribution is 2.06. The van der Waals surface area contributed by atoms with Gasteiger partial charge in [0.1, 0.15) is 0 Å². The van der Waals surface area contributed by atoms with E-state index in [0.717, 1.165) is 30.5 Å². The maximum absolute atomic E-state index is 4.33. The first-order valence-electron chi connectivity index (χ1n) is 4.54. The van der Waals surface area contributed by atoms with Crippen LogP contribution in [0.2, 0.25) is 0 Å². The molecule has 0 fully saturated rings. The lowest BCUT2D eigenvalue weighted by atomic mass is 10.1. The van der Waals surface area contributed by atoms with Crippen molar-refractivity contribution in [2.75, 3.05) is 6.54 Å². The third-order valence-electron chi connectivity index (χ3n) is 2.00. The van der Waals surface area contributed by atoms with Gasteiger partial charge in [0.15, 0.2) is 0 Å². The van der Waals surface area contributed by atoms with Gasteiger partial charge in [0.05, 0.1) is 0 Å². The molecule has 13 heavy (non-hydrogen) atoms. The van der Waals surface area contributed by atoms with E-state index in [4.69, 9.17) is 0 Å². The molecule has 1 aliphatic rings. The van der Waals surface area contributed by atoms with Crippen LogP contribution in [-0.4, -0.2) is 12.8 Å². The summed E-state index contributed by atoms with van der Waals surface area (Å²) in [6, 6.07) is 8.13. The normalized spacial score (nSPS) is 14.5. The Morgan fingerprint density at radius 2 is 2.15 bits per heavy atom. The summed E-state index contributed by atoms with van der Waals surface area (Å²) in [5, 5.41) is 0. The molecule has 1 heterocycles. The zero-order valence-electron chi connectivity index (χ0n) is 7.46. The molecule has 1 nitrogen and oxygen atoms in total. The predicted octanol–water partition coefficient (Wildman–Crippen LogP) is 2.25. The number of hydrogen-bond donors (Lipinski definition) is 0. The van der Waals surface area contributed by atoms with E-state index in [1.165, 1.54) is 0 Å². The third-order valence-corrected chi connectivity index (χ3v) is 2.00. The Hall–Kier alpha value is -1.55. The van der Waals surface area contributed by atoms with Crippen molar-refractivity contribution in [1.82, 2.24) is 0 Å². The van der Waals surface area contributed by atoms with Crippen molar-refractivity contribution in [2.24, 2.45) is 4.99 Å². The van der Waals surface area contributed by atoms with E-state index < -0.39 is 0 Å². The maximum atomic E-state index is 4.33. The summed E-state index contributed by atoms with van der Waals surface area (Å²) in [6.07, 6.45) is 3.94. The third kappa shape index (κ3) is 1.97. The second-order valence-electron chi connectivity index (χ2n) is 3.03. The van der Waals surface area contributed by atoms with Gasteiger partial charge >= 0.3 is 0 Å². The van der Waals surface area contributed by atoms with Crippen LogP contribution >= 0.6 is 0 Å².